The monoisotopic (exact) mass is 367 g/mol. The maximum absolute atomic E-state index is 13.3. The number of carbonyl (C=O) groups is 1. The normalized spacial score (nSPS) is 11.2. The molecule has 3 aromatic rings. The van der Waals surface area contributed by atoms with Gasteiger partial charge in [0.2, 0.25) is 0 Å². The van der Waals surface area contributed by atoms with Crippen molar-refractivity contribution in [1.82, 2.24) is 0 Å². The second kappa shape index (κ2) is 7.26. The Hall–Kier alpha value is -3.36. The third-order valence-electron chi connectivity index (χ3n) is 3.65. The van der Waals surface area contributed by atoms with Gasteiger partial charge >= 0.3 is 5.97 Å². The molecule has 0 saturated carbocycles. The molecule has 0 amide bonds. The van der Waals surface area contributed by atoms with Crippen LogP contribution in [0.1, 0.15) is 21.7 Å². The fourth-order valence-corrected chi connectivity index (χ4v) is 2.67. The molecule has 0 bridgehead atoms. The molecule has 0 fully saturated rings. The van der Waals surface area contributed by atoms with Crippen molar-refractivity contribution in [3.8, 4) is 17.4 Å². The highest BCUT2D eigenvalue weighted by atomic mass is 35.5. The molecular weight excluding hydrogens is 357 g/mol. The van der Waals surface area contributed by atoms with E-state index in [1.54, 1.807) is 24.3 Å². The Morgan fingerprint density at radius 2 is 2.00 bits per heavy atom. The predicted octanol–water partition coefficient (Wildman–Crippen LogP) is 5.50. The van der Waals surface area contributed by atoms with Crippen molar-refractivity contribution in [2.45, 2.75) is 0 Å². The van der Waals surface area contributed by atoms with Gasteiger partial charge in [0, 0.05) is 5.56 Å². The molecule has 3 rings (SSSR count). The van der Waals surface area contributed by atoms with Gasteiger partial charge in [0.1, 0.15) is 17.3 Å². The number of carboxylic acid groups (broad SMARTS) is 1. The van der Waals surface area contributed by atoms with E-state index < -0.39 is 11.8 Å². The highest BCUT2D eigenvalue weighted by molar-refractivity contribution is 6.33. The summed E-state index contributed by atoms with van der Waals surface area (Å²) in [4.78, 5) is 11.0. The Kier molecular flexibility index (Phi) is 4.87. The largest absolute Gasteiger partial charge is 0.478 e. The Balaban J connectivity index is 1.93. The van der Waals surface area contributed by atoms with Gasteiger partial charge in [0.25, 0.3) is 0 Å². The number of allylic oxidation sites excluding steroid dienone is 1. The molecule has 26 heavy (non-hydrogen) atoms. The first-order chi connectivity index (χ1) is 12.5. The molecule has 0 aliphatic carbocycles. The standard InChI is InChI=1S/C20H11ClFNO3/c21-18-10-13(4-6-17(18)20(24)25)19-7-5-16(26-19)9-14(11-23)12-2-1-3-15(22)8-12/h1-10H,(H,24,25)/b14-9-. The number of carboxylic acids is 1. The average Bonchev–Trinajstić information content (AvgIpc) is 3.08. The maximum atomic E-state index is 13.3. The van der Waals surface area contributed by atoms with Crippen molar-refractivity contribution in [3.63, 3.8) is 0 Å². The van der Waals surface area contributed by atoms with Crippen molar-refractivity contribution in [1.29, 1.82) is 5.26 Å². The highest BCUT2D eigenvalue weighted by Crippen LogP contribution is 2.29. The number of benzene rings is 2. The van der Waals surface area contributed by atoms with E-state index in [0.717, 1.165) is 0 Å². The Bertz CT molecular complexity index is 1060. The van der Waals surface area contributed by atoms with Gasteiger partial charge in [0.05, 0.1) is 22.2 Å². The summed E-state index contributed by atoms with van der Waals surface area (Å²) in [5, 5.41) is 18.4. The van der Waals surface area contributed by atoms with E-state index in [2.05, 4.69) is 0 Å². The molecule has 4 nitrogen and oxygen atoms in total. The molecule has 0 radical (unpaired) electrons. The van der Waals surface area contributed by atoms with Crippen LogP contribution in [0.4, 0.5) is 4.39 Å². The van der Waals surface area contributed by atoms with E-state index in [1.807, 2.05) is 6.07 Å². The van der Waals surface area contributed by atoms with E-state index in [9.17, 15) is 14.4 Å². The lowest BCUT2D eigenvalue weighted by atomic mass is 10.1. The molecule has 0 aliphatic heterocycles. The minimum atomic E-state index is -1.11. The van der Waals surface area contributed by atoms with Gasteiger partial charge in [0.15, 0.2) is 0 Å². The molecule has 1 aromatic heterocycles. The van der Waals surface area contributed by atoms with Gasteiger partial charge in [-0.05, 0) is 48.0 Å². The summed E-state index contributed by atoms with van der Waals surface area (Å²) >= 11 is 5.97. The summed E-state index contributed by atoms with van der Waals surface area (Å²) in [7, 11) is 0. The van der Waals surface area contributed by atoms with Crippen LogP contribution in [-0.4, -0.2) is 11.1 Å². The average molecular weight is 368 g/mol. The third-order valence-corrected chi connectivity index (χ3v) is 3.97. The van der Waals surface area contributed by atoms with Crippen LogP contribution < -0.4 is 0 Å². The smallest absolute Gasteiger partial charge is 0.337 e. The van der Waals surface area contributed by atoms with Crippen molar-refractivity contribution >= 4 is 29.2 Å². The van der Waals surface area contributed by atoms with Gasteiger partial charge in [-0.25, -0.2) is 9.18 Å². The topological polar surface area (TPSA) is 74.2 Å². The van der Waals surface area contributed by atoms with Crippen LogP contribution in [0, 0.1) is 17.1 Å². The van der Waals surface area contributed by atoms with Crippen molar-refractivity contribution in [3.05, 3.63) is 82.3 Å². The molecule has 0 spiro atoms. The molecule has 0 aliphatic rings. The molecule has 0 saturated heterocycles. The number of hydrogen-bond acceptors (Lipinski definition) is 3. The highest BCUT2D eigenvalue weighted by Gasteiger charge is 2.12. The summed E-state index contributed by atoms with van der Waals surface area (Å²) < 4.78 is 19.0. The number of nitrogens with zero attached hydrogens (tertiary/aromatic N) is 1. The molecule has 6 heteroatoms. The quantitative estimate of drug-likeness (QED) is 0.618. The zero-order valence-electron chi connectivity index (χ0n) is 13.2. The van der Waals surface area contributed by atoms with Crippen LogP contribution in [0.2, 0.25) is 5.02 Å². The first kappa shape index (κ1) is 17.5. The summed E-state index contributed by atoms with van der Waals surface area (Å²) in [6.45, 7) is 0. The number of furan rings is 1. The number of aromatic carboxylic acids is 1. The molecule has 0 unspecified atom stereocenters. The van der Waals surface area contributed by atoms with E-state index in [-0.39, 0.29) is 16.2 Å². The van der Waals surface area contributed by atoms with Crippen LogP contribution in [0.25, 0.3) is 23.0 Å². The molecule has 1 N–H and O–H groups in total. The van der Waals surface area contributed by atoms with E-state index in [1.165, 1.54) is 36.4 Å². The van der Waals surface area contributed by atoms with Crippen molar-refractivity contribution in [2.75, 3.05) is 0 Å². The molecule has 1 heterocycles. The maximum Gasteiger partial charge on any atom is 0.337 e. The van der Waals surface area contributed by atoms with E-state index in [0.29, 0.717) is 22.6 Å². The zero-order valence-corrected chi connectivity index (χ0v) is 14.0. The van der Waals surface area contributed by atoms with Gasteiger partial charge < -0.3 is 9.52 Å². The predicted molar refractivity (Wildman–Crippen MR) is 96.0 cm³/mol. The summed E-state index contributed by atoms with van der Waals surface area (Å²) in [5.74, 6) is -0.679. The van der Waals surface area contributed by atoms with E-state index >= 15 is 0 Å². The number of rotatable bonds is 4. The number of hydrogen-bond donors (Lipinski definition) is 1. The molecule has 128 valence electrons. The minimum Gasteiger partial charge on any atom is -0.478 e. The van der Waals surface area contributed by atoms with E-state index in [4.69, 9.17) is 21.1 Å². The second-order valence-corrected chi connectivity index (χ2v) is 5.79. The van der Waals surface area contributed by atoms with Crippen molar-refractivity contribution in [2.24, 2.45) is 0 Å². The minimum absolute atomic E-state index is 0.0000342. The number of halogens is 2. The van der Waals surface area contributed by atoms with Crippen LogP contribution in [0.3, 0.4) is 0 Å². The Morgan fingerprint density at radius 1 is 1.19 bits per heavy atom. The lowest BCUT2D eigenvalue weighted by Crippen LogP contribution is -1.96. The Labute approximate surface area is 153 Å². The molecule has 2 aromatic carbocycles. The molecule has 0 atom stereocenters. The van der Waals surface area contributed by atoms with Crippen molar-refractivity contribution < 1.29 is 18.7 Å². The summed E-state index contributed by atoms with van der Waals surface area (Å²) in [5.41, 5.74) is 1.30. The van der Waals surface area contributed by atoms with Gasteiger partial charge in [-0.15, -0.1) is 0 Å². The van der Waals surface area contributed by atoms with Gasteiger partial charge in [-0.1, -0.05) is 29.8 Å². The Morgan fingerprint density at radius 3 is 2.65 bits per heavy atom. The summed E-state index contributed by atoms with van der Waals surface area (Å²) in [6, 6.07) is 15.6. The van der Waals surface area contributed by atoms with Gasteiger partial charge in [-0.2, -0.15) is 5.26 Å². The second-order valence-electron chi connectivity index (χ2n) is 5.38. The summed E-state index contributed by atoms with van der Waals surface area (Å²) in [6.07, 6.45) is 1.51. The van der Waals surface area contributed by atoms with Crippen LogP contribution in [-0.2, 0) is 0 Å². The zero-order chi connectivity index (χ0) is 18.7. The fraction of sp³-hybridized carbons (Fsp3) is 0. The van der Waals surface area contributed by atoms with Crippen LogP contribution >= 0.6 is 11.6 Å². The van der Waals surface area contributed by atoms with Crippen LogP contribution in [0.5, 0.6) is 0 Å². The number of nitriles is 1. The third kappa shape index (κ3) is 3.66. The lowest BCUT2D eigenvalue weighted by molar-refractivity contribution is 0.0697. The molecular formula is C20H11ClFNO3. The first-order valence-electron chi connectivity index (χ1n) is 7.48. The van der Waals surface area contributed by atoms with Crippen LogP contribution in [0.15, 0.2) is 59.0 Å². The first-order valence-corrected chi connectivity index (χ1v) is 7.86. The fourth-order valence-electron chi connectivity index (χ4n) is 2.41. The SMILES string of the molecule is N#C/C(=C/c1ccc(-c2ccc(C(=O)O)c(Cl)c2)o1)c1cccc(F)c1. The lowest BCUT2D eigenvalue weighted by Gasteiger charge is -2.02. The van der Waals surface area contributed by atoms with Gasteiger partial charge in [-0.3, -0.25) is 0 Å².